The van der Waals surface area contributed by atoms with Crippen molar-refractivity contribution >= 4 is 5.96 Å². The highest BCUT2D eigenvalue weighted by Gasteiger charge is 2.49. The molecule has 1 heterocycles. The summed E-state index contributed by atoms with van der Waals surface area (Å²) in [4.78, 5) is 6.72. The summed E-state index contributed by atoms with van der Waals surface area (Å²) in [6, 6.07) is 0. The topological polar surface area (TPSA) is 41.6 Å². The Morgan fingerprint density at radius 2 is 2.53 bits per heavy atom. The normalized spacial score (nSPS) is 34.9. The van der Waals surface area contributed by atoms with Gasteiger partial charge in [0.1, 0.15) is 0 Å². The van der Waals surface area contributed by atoms with E-state index in [1.54, 1.807) is 0 Å². The quantitative estimate of drug-likeness (QED) is 0.716. The van der Waals surface area contributed by atoms with Gasteiger partial charge in [0.15, 0.2) is 5.96 Å². The van der Waals surface area contributed by atoms with Crippen LogP contribution in [0.3, 0.4) is 0 Å². The zero-order valence-electron chi connectivity index (χ0n) is 9.58. The lowest BCUT2D eigenvalue weighted by molar-refractivity contribution is 0.155. The molecule has 3 nitrogen and oxygen atoms in total. The van der Waals surface area contributed by atoms with Crippen molar-refractivity contribution in [1.82, 2.24) is 4.90 Å². The van der Waals surface area contributed by atoms with Crippen LogP contribution in [0.25, 0.3) is 0 Å². The highest BCUT2D eigenvalue weighted by molar-refractivity contribution is 5.81. The first kappa shape index (κ1) is 10.5. The number of nitrogens with two attached hydrogens (primary N) is 1. The molecule has 2 N–H and O–H groups in total. The SMILES string of the molecule is C=CCN1C(N)=NCC12CCCC2CC. The van der Waals surface area contributed by atoms with E-state index in [9.17, 15) is 0 Å². The third-order valence-electron chi connectivity index (χ3n) is 4.06. The summed E-state index contributed by atoms with van der Waals surface area (Å²) in [5.41, 5.74) is 6.19. The minimum atomic E-state index is 0.229. The summed E-state index contributed by atoms with van der Waals surface area (Å²) < 4.78 is 0. The molecule has 15 heavy (non-hydrogen) atoms. The summed E-state index contributed by atoms with van der Waals surface area (Å²) in [6.07, 6.45) is 7.04. The monoisotopic (exact) mass is 207 g/mol. The van der Waals surface area contributed by atoms with Crippen LogP contribution >= 0.6 is 0 Å². The van der Waals surface area contributed by atoms with Crippen LogP contribution in [0.5, 0.6) is 0 Å². The molecule has 2 aliphatic rings. The Morgan fingerprint density at radius 1 is 1.73 bits per heavy atom. The van der Waals surface area contributed by atoms with Gasteiger partial charge in [-0.1, -0.05) is 25.8 Å². The van der Waals surface area contributed by atoms with E-state index in [-0.39, 0.29) is 5.54 Å². The smallest absolute Gasteiger partial charge is 0.192 e. The van der Waals surface area contributed by atoms with E-state index in [0.29, 0.717) is 0 Å². The van der Waals surface area contributed by atoms with Gasteiger partial charge in [-0.05, 0) is 18.8 Å². The van der Waals surface area contributed by atoms with Crippen LogP contribution in [0.2, 0.25) is 0 Å². The first-order chi connectivity index (χ1) is 7.24. The first-order valence-corrected chi connectivity index (χ1v) is 5.93. The molecule has 1 saturated carbocycles. The van der Waals surface area contributed by atoms with Crippen molar-refractivity contribution < 1.29 is 0 Å². The average Bonchev–Trinajstić information content (AvgIpc) is 2.78. The van der Waals surface area contributed by atoms with Crippen molar-refractivity contribution in [3.8, 4) is 0 Å². The highest BCUT2D eigenvalue weighted by Crippen LogP contribution is 2.44. The lowest BCUT2D eigenvalue weighted by atomic mass is 9.84. The van der Waals surface area contributed by atoms with Gasteiger partial charge in [0.25, 0.3) is 0 Å². The van der Waals surface area contributed by atoms with Crippen molar-refractivity contribution in [2.45, 2.75) is 38.1 Å². The Hall–Kier alpha value is -0.990. The highest BCUT2D eigenvalue weighted by atomic mass is 15.4. The van der Waals surface area contributed by atoms with E-state index in [1.807, 2.05) is 6.08 Å². The van der Waals surface area contributed by atoms with Gasteiger partial charge in [-0.25, -0.2) is 0 Å². The number of aliphatic imine (C=N–C) groups is 1. The Bertz CT molecular complexity index is 285. The van der Waals surface area contributed by atoms with Crippen molar-refractivity contribution in [3.63, 3.8) is 0 Å². The fraction of sp³-hybridized carbons (Fsp3) is 0.750. The molecule has 1 aliphatic carbocycles. The lowest BCUT2D eigenvalue weighted by Gasteiger charge is -2.40. The minimum Gasteiger partial charge on any atom is -0.370 e. The van der Waals surface area contributed by atoms with Gasteiger partial charge in [0, 0.05) is 6.54 Å². The average molecular weight is 207 g/mol. The Kier molecular flexibility index (Phi) is 2.72. The van der Waals surface area contributed by atoms with Crippen LogP contribution < -0.4 is 5.73 Å². The summed E-state index contributed by atoms with van der Waals surface area (Å²) >= 11 is 0. The molecule has 0 amide bonds. The lowest BCUT2D eigenvalue weighted by Crippen LogP contribution is -2.53. The van der Waals surface area contributed by atoms with Gasteiger partial charge in [-0.3, -0.25) is 4.99 Å². The number of rotatable bonds is 3. The maximum Gasteiger partial charge on any atom is 0.192 e. The van der Waals surface area contributed by atoms with Crippen LogP contribution in [-0.4, -0.2) is 29.5 Å². The molecule has 0 aromatic rings. The molecule has 0 aromatic heterocycles. The predicted molar refractivity (Wildman–Crippen MR) is 63.8 cm³/mol. The Labute approximate surface area is 92.0 Å². The van der Waals surface area contributed by atoms with Crippen LogP contribution in [0.15, 0.2) is 17.6 Å². The van der Waals surface area contributed by atoms with Gasteiger partial charge in [-0.2, -0.15) is 0 Å². The largest absolute Gasteiger partial charge is 0.370 e. The molecule has 84 valence electrons. The molecule has 1 fully saturated rings. The van der Waals surface area contributed by atoms with Crippen LogP contribution in [0.1, 0.15) is 32.6 Å². The summed E-state index contributed by atoms with van der Waals surface area (Å²) in [5, 5.41) is 0. The van der Waals surface area contributed by atoms with Crippen LogP contribution in [0.4, 0.5) is 0 Å². The molecule has 0 saturated heterocycles. The van der Waals surface area contributed by atoms with E-state index < -0.39 is 0 Å². The minimum absolute atomic E-state index is 0.229. The summed E-state index contributed by atoms with van der Waals surface area (Å²) in [7, 11) is 0. The first-order valence-electron chi connectivity index (χ1n) is 5.93. The fourth-order valence-corrected chi connectivity index (χ4v) is 3.30. The van der Waals surface area contributed by atoms with Crippen molar-refractivity contribution in [2.24, 2.45) is 16.6 Å². The Balaban J connectivity index is 2.23. The van der Waals surface area contributed by atoms with Crippen molar-refractivity contribution in [3.05, 3.63) is 12.7 Å². The van der Waals surface area contributed by atoms with Gasteiger partial charge in [0.2, 0.25) is 0 Å². The molecule has 1 aliphatic heterocycles. The van der Waals surface area contributed by atoms with Crippen molar-refractivity contribution in [2.75, 3.05) is 13.1 Å². The van der Waals surface area contributed by atoms with E-state index in [0.717, 1.165) is 25.0 Å². The second kappa shape index (κ2) is 3.87. The molecule has 2 unspecified atom stereocenters. The molecule has 0 bridgehead atoms. The maximum atomic E-state index is 5.96. The third-order valence-corrected chi connectivity index (χ3v) is 4.06. The van der Waals surface area contributed by atoms with Crippen molar-refractivity contribution in [1.29, 1.82) is 0 Å². The molecular weight excluding hydrogens is 186 g/mol. The number of nitrogens with zero attached hydrogens (tertiary/aromatic N) is 2. The van der Waals surface area contributed by atoms with Gasteiger partial charge < -0.3 is 10.6 Å². The summed E-state index contributed by atoms with van der Waals surface area (Å²) in [5.74, 6) is 1.47. The van der Waals surface area contributed by atoms with Gasteiger partial charge >= 0.3 is 0 Å². The zero-order valence-corrected chi connectivity index (χ0v) is 9.58. The molecule has 1 spiro atoms. The second-order valence-electron chi connectivity index (χ2n) is 4.67. The zero-order chi connectivity index (χ0) is 10.9. The standard InChI is InChI=1S/C12H21N3/c1-3-8-15-11(13)14-9-12(15)7-5-6-10(12)4-2/h3,10H,1,4-9H2,2H3,(H2,13,14). The molecule has 0 aromatic carbocycles. The molecule has 0 radical (unpaired) electrons. The summed E-state index contributed by atoms with van der Waals surface area (Å²) in [6.45, 7) is 7.82. The van der Waals surface area contributed by atoms with E-state index in [1.165, 1.54) is 25.7 Å². The molecule has 2 atom stereocenters. The van der Waals surface area contributed by atoms with Crippen LogP contribution in [0, 0.1) is 5.92 Å². The predicted octanol–water partition coefficient (Wildman–Crippen LogP) is 1.75. The Morgan fingerprint density at radius 3 is 3.20 bits per heavy atom. The number of hydrogen-bond acceptors (Lipinski definition) is 3. The van der Waals surface area contributed by atoms with E-state index in [4.69, 9.17) is 5.73 Å². The molecule has 2 rings (SSSR count). The van der Waals surface area contributed by atoms with Gasteiger partial charge in [0.05, 0.1) is 12.1 Å². The number of hydrogen-bond donors (Lipinski definition) is 1. The van der Waals surface area contributed by atoms with E-state index >= 15 is 0 Å². The molecular formula is C12H21N3. The third kappa shape index (κ3) is 1.45. The molecule has 3 heteroatoms. The van der Waals surface area contributed by atoms with Gasteiger partial charge in [-0.15, -0.1) is 6.58 Å². The van der Waals surface area contributed by atoms with Crippen LogP contribution in [-0.2, 0) is 0 Å². The fourth-order valence-electron chi connectivity index (χ4n) is 3.30. The number of guanidine groups is 1. The maximum absolute atomic E-state index is 5.96. The second-order valence-corrected chi connectivity index (χ2v) is 4.67. The van der Waals surface area contributed by atoms with E-state index in [2.05, 4.69) is 23.4 Å².